The van der Waals surface area contributed by atoms with Gasteiger partial charge in [-0.3, -0.25) is 0 Å². The number of hydrogen-bond acceptors (Lipinski definition) is 3. The van der Waals surface area contributed by atoms with E-state index in [4.69, 9.17) is 4.98 Å². The number of nitrogens with zero attached hydrogens (tertiary/aromatic N) is 1. The van der Waals surface area contributed by atoms with Gasteiger partial charge in [0.05, 0.1) is 5.69 Å². The highest BCUT2D eigenvalue weighted by molar-refractivity contribution is 7.09. The molecule has 2 aromatic rings. The quantitative estimate of drug-likeness (QED) is 0.863. The van der Waals surface area contributed by atoms with E-state index in [2.05, 4.69) is 41.9 Å². The summed E-state index contributed by atoms with van der Waals surface area (Å²) in [6.07, 6.45) is 5.61. The van der Waals surface area contributed by atoms with Gasteiger partial charge in [0.25, 0.3) is 0 Å². The number of thiazole rings is 1. The van der Waals surface area contributed by atoms with E-state index < -0.39 is 0 Å². The number of benzene rings is 1. The Morgan fingerprint density at radius 3 is 2.90 bits per heavy atom. The largest absolute Gasteiger partial charge is 0.310 e. The Morgan fingerprint density at radius 1 is 1.24 bits per heavy atom. The van der Waals surface area contributed by atoms with Crippen molar-refractivity contribution in [2.45, 2.75) is 39.2 Å². The molecule has 1 aromatic heterocycles. The second-order valence-corrected chi connectivity index (χ2v) is 7.20. The van der Waals surface area contributed by atoms with Crippen LogP contribution in [0.5, 0.6) is 0 Å². The summed E-state index contributed by atoms with van der Waals surface area (Å²) in [4.78, 5) is 4.73. The molecule has 0 bridgehead atoms. The lowest BCUT2D eigenvalue weighted by molar-refractivity contribution is 0.274. The zero-order valence-corrected chi connectivity index (χ0v) is 13.5. The fourth-order valence-electron chi connectivity index (χ4n) is 3.26. The number of hydrogen-bond donors (Lipinski definition) is 1. The van der Waals surface area contributed by atoms with Crippen LogP contribution in [0.2, 0.25) is 0 Å². The minimum atomic E-state index is 0.863. The molecule has 0 aliphatic heterocycles. The third kappa shape index (κ3) is 4.14. The van der Waals surface area contributed by atoms with Gasteiger partial charge in [0.2, 0.25) is 0 Å². The number of aromatic nitrogens is 1. The second kappa shape index (κ2) is 7.19. The van der Waals surface area contributed by atoms with Crippen molar-refractivity contribution in [2.75, 3.05) is 6.54 Å². The zero-order valence-electron chi connectivity index (χ0n) is 12.7. The first-order chi connectivity index (χ1) is 10.3. The molecule has 1 aliphatic rings. The molecular weight excluding hydrogens is 276 g/mol. The predicted octanol–water partition coefficient (Wildman–Crippen LogP) is 4.73. The third-order valence-electron chi connectivity index (χ3n) is 4.38. The first-order valence-electron chi connectivity index (χ1n) is 8.02. The van der Waals surface area contributed by atoms with Gasteiger partial charge in [-0.25, -0.2) is 4.98 Å². The predicted molar refractivity (Wildman–Crippen MR) is 90.4 cm³/mol. The van der Waals surface area contributed by atoms with Gasteiger partial charge in [0.15, 0.2) is 0 Å². The summed E-state index contributed by atoms with van der Waals surface area (Å²) >= 11 is 1.76. The van der Waals surface area contributed by atoms with Crippen LogP contribution in [0.1, 0.15) is 37.6 Å². The fraction of sp³-hybridized carbons (Fsp3) is 0.500. The first kappa shape index (κ1) is 14.7. The van der Waals surface area contributed by atoms with Gasteiger partial charge < -0.3 is 5.32 Å². The smallest absolute Gasteiger partial charge is 0.107 e. The highest BCUT2D eigenvalue weighted by Crippen LogP contribution is 2.28. The van der Waals surface area contributed by atoms with E-state index in [1.807, 2.05) is 6.07 Å². The van der Waals surface area contributed by atoms with Crippen LogP contribution in [-0.4, -0.2) is 11.5 Å². The molecule has 0 amide bonds. The van der Waals surface area contributed by atoms with Gasteiger partial charge in [-0.15, -0.1) is 11.3 Å². The van der Waals surface area contributed by atoms with E-state index in [1.54, 1.807) is 11.3 Å². The molecule has 3 heteroatoms. The van der Waals surface area contributed by atoms with Gasteiger partial charge in [-0.05, 0) is 31.2 Å². The molecule has 0 spiro atoms. The average Bonchev–Trinajstić information content (AvgIpc) is 2.97. The van der Waals surface area contributed by atoms with Crippen molar-refractivity contribution >= 4 is 11.3 Å². The van der Waals surface area contributed by atoms with E-state index in [0.717, 1.165) is 30.6 Å². The van der Waals surface area contributed by atoms with Crippen molar-refractivity contribution in [3.63, 3.8) is 0 Å². The maximum atomic E-state index is 4.73. The molecule has 1 saturated carbocycles. The van der Waals surface area contributed by atoms with Crippen LogP contribution in [-0.2, 0) is 6.54 Å². The van der Waals surface area contributed by atoms with Crippen LogP contribution >= 0.6 is 11.3 Å². The standard InChI is InChI=1S/C18H24N2S/c1-14-6-5-7-15(10-14)11-19-12-18-20-17(13-21-18)16-8-3-2-4-9-16/h2-4,8-9,13-15,19H,5-7,10-12H2,1H3. The van der Waals surface area contributed by atoms with E-state index in [-0.39, 0.29) is 0 Å². The topological polar surface area (TPSA) is 24.9 Å². The van der Waals surface area contributed by atoms with Crippen molar-refractivity contribution in [1.82, 2.24) is 10.3 Å². The molecule has 1 heterocycles. The SMILES string of the molecule is CC1CCCC(CNCc2nc(-c3ccccc3)cs2)C1. The van der Waals surface area contributed by atoms with E-state index >= 15 is 0 Å². The molecule has 3 rings (SSSR count). The second-order valence-electron chi connectivity index (χ2n) is 6.26. The van der Waals surface area contributed by atoms with Crippen molar-refractivity contribution in [3.05, 3.63) is 40.7 Å². The fourth-order valence-corrected chi connectivity index (χ4v) is 4.03. The molecule has 1 N–H and O–H groups in total. The van der Waals surface area contributed by atoms with Crippen molar-refractivity contribution in [2.24, 2.45) is 11.8 Å². The van der Waals surface area contributed by atoms with E-state index in [1.165, 1.54) is 36.3 Å². The third-order valence-corrected chi connectivity index (χ3v) is 5.22. The van der Waals surface area contributed by atoms with Crippen LogP contribution in [0, 0.1) is 11.8 Å². The monoisotopic (exact) mass is 300 g/mol. The number of rotatable bonds is 5. The van der Waals surface area contributed by atoms with Gasteiger partial charge in [-0.1, -0.05) is 50.1 Å². The summed E-state index contributed by atoms with van der Waals surface area (Å²) in [5, 5.41) is 6.96. The molecule has 1 aromatic carbocycles. The summed E-state index contributed by atoms with van der Waals surface area (Å²) in [5.41, 5.74) is 2.31. The highest BCUT2D eigenvalue weighted by Gasteiger charge is 2.18. The molecule has 1 fully saturated rings. The number of nitrogens with one attached hydrogen (secondary N) is 1. The maximum absolute atomic E-state index is 4.73. The molecule has 0 saturated heterocycles. The first-order valence-corrected chi connectivity index (χ1v) is 8.90. The van der Waals surface area contributed by atoms with E-state index in [0.29, 0.717) is 0 Å². The van der Waals surface area contributed by atoms with Crippen LogP contribution in [0.4, 0.5) is 0 Å². The normalized spacial score (nSPS) is 22.3. The summed E-state index contributed by atoms with van der Waals surface area (Å²) in [7, 11) is 0. The molecule has 112 valence electrons. The summed E-state index contributed by atoms with van der Waals surface area (Å²) in [6.45, 7) is 4.44. The zero-order chi connectivity index (χ0) is 14.5. The Labute approximate surface area is 131 Å². The molecule has 2 atom stereocenters. The summed E-state index contributed by atoms with van der Waals surface area (Å²) in [6, 6.07) is 10.4. The van der Waals surface area contributed by atoms with Crippen LogP contribution in [0.25, 0.3) is 11.3 Å². The lowest BCUT2D eigenvalue weighted by Gasteiger charge is -2.26. The Kier molecular flexibility index (Phi) is 5.04. The average molecular weight is 300 g/mol. The van der Waals surface area contributed by atoms with Crippen molar-refractivity contribution in [1.29, 1.82) is 0 Å². The Hall–Kier alpha value is -1.19. The maximum Gasteiger partial charge on any atom is 0.107 e. The molecule has 1 aliphatic carbocycles. The van der Waals surface area contributed by atoms with Crippen molar-refractivity contribution < 1.29 is 0 Å². The minimum absolute atomic E-state index is 0.863. The Balaban J connectivity index is 1.49. The molecule has 21 heavy (non-hydrogen) atoms. The summed E-state index contributed by atoms with van der Waals surface area (Å²) in [5.74, 6) is 1.78. The molecule has 2 unspecified atom stereocenters. The van der Waals surface area contributed by atoms with Crippen molar-refractivity contribution in [3.8, 4) is 11.3 Å². The van der Waals surface area contributed by atoms with E-state index in [9.17, 15) is 0 Å². The lowest BCUT2D eigenvalue weighted by atomic mass is 9.82. The Bertz CT molecular complexity index is 549. The van der Waals surface area contributed by atoms with Crippen LogP contribution in [0.15, 0.2) is 35.7 Å². The van der Waals surface area contributed by atoms with Gasteiger partial charge in [-0.2, -0.15) is 0 Å². The summed E-state index contributed by atoms with van der Waals surface area (Å²) < 4.78 is 0. The van der Waals surface area contributed by atoms with Gasteiger partial charge in [0, 0.05) is 17.5 Å². The molecule has 2 nitrogen and oxygen atoms in total. The minimum Gasteiger partial charge on any atom is -0.310 e. The van der Waals surface area contributed by atoms with Gasteiger partial charge in [0.1, 0.15) is 5.01 Å². The lowest BCUT2D eigenvalue weighted by Crippen LogP contribution is -2.26. The molecule has 0 radical (unpaired) electrons. The molecular formula is C18H24N2S. The van der Waals surface area contributed by atoms with Gasteiger partial charge >= 0.3 is 0 Å². The van der Waals surface area contributed by atoms with Crippen LogP contribution < -0.4 is 5.32 Å². The van der Waals surface area contributed by atoms with Crippen LogP contribution in [0.3, 0.4) is 0 Å². The highest BCUT2D eigenvalue weighted by atomic mass is 32.1. The Morgan fingerprint density at radius 2 is 2.10 bits per heavy atom.